The van der Waals surface area contributed by atoms with Crippen molar-refractivity contribution in [3.63, 3.8) is 0 Å². The molecule has 4 atom stereocenters. The fraction of sp³-hybridized carbons (Fsp3) is 0.452. The van der Waals surface area contributed by atoms with E-state index in [4.69, 9.17) is 30.2 Å². The summed E-state index contributed by atoms with van der Waals surface area (Å²) in [7, 11) is 1.53. The SMILES string of the molecule is COC[C@H]1O[C@@H](n2c(CCN)nc3c(NCC(c4ccccc4)c4ccccc4)nc(CNC(C)C)nc32)[C@H](O)[C@@H]1O. The third-order valence-corrected chi connectivity index (χ3v) is 7.50. The molecule has 224 valence electrons. The first kappa shape index (κ1) is 30.0. The van der Waals surface area contributed by atoms with E-state index in [1.54, 1.807) is 4.57 Å². The molecule has 11 nitrogen and oxygen atoms in total. The third-order valence-electron chi connectivity index (χ3n) is 7.50. The van der Waals surface area contributed by atoms with Gasteiger partial charge in [0, 0.05) is 32.0 Å². The molecule has 6 N–H and O–H groups in total. The standard InChI is InChI=1S/C31H41N7O4/c1-19(2)33-17-24-35-29(34-16-22(20-10-6-4-7-11-20)21-12-8-5-9-13-21)26-30(36-24)38(25(37-26)14-15-32)31-28(40)27(39)23(42-31)18-41-3/h4-13,19,22-23,27-28,31,33,39-40H,14-18,32H2,1-3H3,(H,34,35,36)/t23-,27-,28-,31-/m1/s1. The van der Waals surface area contributed by atoms with Crippen LogP contribution in [0.2, 0.25) is 0 Å². The second-order valence-electron chi connectivity index (χ2n) is 10.9. The zero-order valence-corrected chi connectivity index (χ0v) is 24.4. The minimum absolute atomic E-state index is 0.0604. The molecular weight excluding hydrogens is 534 g/mol. The van der Waals surface area contributed by atoms with Crippen LogP contribution in [0.3, 0.4) is 0 Å². The normalized spacial score (nSPS) is 20.7. The zero-order valence-electron chi connectivity index (χ0n) is 24.4. The minimum atomic E-state index is -1.21. The Hall–Kier alpha value is -3.45. The molecule has 1 aliphatic rings. The predicted molar refractivity (Wildman–Crippen MR) is 161 cm³/mol. The van der Waals surface area contributed by atoms with Crippen LogP contribution in [0.1, 0.15) is 48.8 Å². The lowest BCUT2D eigenvalue weighted by Crippen LogP contribution is -2.34. The predicted octanol–water partition coefficient (Wildman–Crippen LogP) is 2.34. The number of imidazole rings is 1. The van der Waals surface area contributed by atoms with E-state index in [1.807, 2.05) is 36.4 Å². The number of hydrogen-bond donors (Lipinski definition) is 5. The maximum atomic E-state index is 11.0. The molecule has 0 aliphatic carbocycles. The highest BCUT2D eigenvalue weighted by Crippen LogP contribution is 2.35. The molecule has 1 fully saturated rings. The van der Waals surface area contributed by atoms with E-state index in [2.05, 4.69) is 48.7 Å². The lowest BCUT2D eigenvalue weighted by atomic mass is 9.91. The molecule has 42 heavy (non-hydrogen) atoms. The van der Waals surface area contributed by atoms with Gasteiger partial charge in [0.2, 0.25) is 0 Å². The molecule has 4 aromatic rings. The Morgan fingerprint density at radius 2 is 1.64 bits per heavy atom. The number of anilines is 1. The highest BCUT2D eigenvalue weighted by Gasteiger charge is 2.45. The lowest BCUT2D eigenvalue weighted by Gasteiger charge is -2.21. The summed E-state index contributed by atoms with van der Waals surface area (Å²) in [6.45, 7) is 5.59. The van der Waals surface area contributed by atoms with Crippen molar-refractivity contribution in [1.29, 1.82) is 0 Å². The van der Waals surface area contributed by atoms with Gasteiger partial charge in [-0.05, 0) is 17.7 Å². The zero-order chi connectivity index (χ0) is 29.6. The van der Waals surface area contributed by atoms with Crippen LogP contribution in [0.5, 0.6) is 0 Å². The first-order valence-electron chi connectivity index (χ1n) is 14.5. The molecule has 0 spiro atoms. The number of ether oxygens (including phenoxy) is 2. The van der Waals surface area contributed by atoms with Gasteiger partial charge in [0.1, 0.15) is 30.0 Å². The van der Waals surface area contributed by atoms with Crippen LogP contribution < -0.4 is 16.4 Å². The average Bonchev–Trinajstić information content (AvgIpc) is 3.49. The molecular formula is C31H41N7O4. The van der Waals surface area contributed by atoms with E-state index in [-0.39, 0.29) is 18.6 Å². The number of aromatic nitrogens is 4. The van der Waals surface area contributed by atoms with Crippen molar-refractivity contribution < 1.29 is 19.7 Å². The van der Waals surface area contributed by atoms with E-state index in [0.29, 0.717) is 54.7 Å². The van der Waals surface area contributed by atoms with Crippen LogP contribution in [0, 0.1) is 0 Å². The van der Waals surface area contributed by atoms with Gasteiger partial charge in [-0.25, -0.2) is 15.0 Å². The molecule has 0 radical (unpaired) electrons. The van der Waals surface area contributed by atoms with E-state index >= 15 is 0 Å². The Bertz CT molecular complexity index is 1390. The van der Waals surface area contributed by atoms with Gasteiger partial charge in [-0.3, -0.25) is 4.57 Å². The fourth-order valence-corrected chi connectivity index (χ4v) is 5.38. The van der Waals surface area contributed by atoms with Crippen LogP contribution in [0.4, 0.5) is 5.82 Å². The molecule has 0 unspecified atom stereocenters. The summed E-state index contributed by atoms with van der Waals surface area (Å²) in [5.74, 6) is 1.80. The number of nitrogens with two attached hydrogens (primary N) is 1. The van der Waals surface area contributed by atoms with E-state index in [1.165, 1.54) is 18.2 Å². The fourth-order valence-electron chi connectivity index (χ4n) is 5.38. The molecule has 0 amide bonds. The highest BCUT2D eigenvalue weighted by molar-refractivity contribution is 5.84. The Labute approximate surface area is 246 Å². The van der Waals surface area contributed by atoms with Crippen LogP contribution in [0.25, 0.3) is 11.2 Å². The second-order valence-corrected chi connectivity index (χ2v) is 10.9. The highest BCUT2D eigenvalue weighted by atomic mass is 16.6. The summed E-state index contributed by atoms with van der Waals surface area (Å²) in [4.78, 5) is 14.7. The van der Waals surface area contributed by atoms with Gasteiger partial charge in [-0.15, -0.1) is 0 Å². The number of rotatable bonds is 13. The number of aliphatic hydroxyl groups is 2. The second kappa shape index (κ2) is 13.7. The molecule has 0 saturated carbocycles. The van der Waals surface area contributed by atoms with Crippen molar-refractivity contribution in [3.8, 4) is 0 Å². The van der Waals surface area contributed by atoms with Crippen molar-refractivity contribution in [3.05, 3.63) is 83.4 Å². The van der Waals surface area contributed by atoms with Crippen molar-refractivity contribution in [1.82, 2.24) is 24.8 Å². The molecule has 1 aliphatic heterocycles. The van der Waals surface area contributed by atoms with Crippen molar-refractivity contribution in [2.45, 2.75) is 63.3 Å². The number of nitrogens with zero attached hydrogens (tertiary/aromatic N) is 4. The first-order chi connectivity index (χ1) is 20.4. The Balaban J connectivity index is 1.58. The van der Waals surface area contributed by atoms with E-state index in [9.17, 15) is 10.2 Å². The van der Waals surface area contributed by atoms with E-state index < -0.39 is 24.5 Å². The number of benzene rings is 2. The van der Waals surface area contributed by atoms with Crippen LogP contribution >= 0.6 is 0 Å². The topological polar surface area (TPSA) is 153 Å². The summed E-state index contributed by atoms with van der Waals surface area (Å²) < 4.78 is 13.1. The molecule has 0 bridgehead atoms. The van der Waals surface area contributed by atoms with Gasteiger partial charge in [0.15, 0.2) is 23.2 Å². The summed E-state index contributed by atoms with van der Waals surface area (Å²) in [5, 5.41) is 28.7. The van der Waals surface area contributed by atoms with Crippen molar-refractivity contribution in [2.24, 2.45) is 5.73 Å². The van der Waals surface area contributed by atoms with Crippen LogP contribution in [0.15, 0.2) is 60.7 Å². The Morgan fingerprint density at radius 3 is 2.24 bits per heavy atom. The third kappa shape index (κ3) is 6.46. The lowest BCUT2D eigenvalue weighted by molar-refractivity contribution is -0.0590. The number of methoxy groups -OCH3 is 1. The summed E-state index contributed by atoms with van der Waals surface area (Å²) in [5.41, 5.74) is 9.38. The largest absolute Gasteiger partial charge is 0.387 e. The maximum absolute atomic E-state index is 11.0. The summed E-state index contributed by atoms with van der Waals surface area (Å²) >= 11 is 0. The molecule has 1 saturated heterocycles. The van der Waals surface area contributed by atoms with Gasteiger partial charge >= 0.3 is 0 Å². The van der Waals surface area contributed by atoms with Gasteiger partial charge in [-0.2, -0.15) is 0 Å². The molecule has 2 aromatic heterocycles. The molecule has 3 heterocycles. The van der Waals surface area contributed by atoms with Crippen molar-refractivity contribution in [2.75, 3.05) is 32.1 Å². The molecule has 11 heteroatoms. The number of fused-ring (bicyclic) bond motifs is 1. The van der Waals surface area contributed by atoms with Gasteiger partial charge in [-0.1, -0.05) is 74.5 Å². The van der Waals surface area contributed by atoms with Crippen molar-refractivity contribution >= 4 is 17.0 Å². The molecule has 5 rings (SSSR count). The summed E-state index contributed by atoms with van der Waals surface area (Å²) in [6, 6.07) is 20.9. The van der Waals surface area contributed by atoms with Gasteiger partial charge in [0.25, 0.3) is 0 Å². The van der Waals surface area contributed by atoms with E-state index in [0.717, 1.165) is 0 Å². The minimum Gasteiger partial charge on any atom is -0.387 e. The van der Waals surface area contributed by atoms with Crippen LogP contribution in [-0.2, 0) is 22.4 Å². The maximum Gasteiger partial charge on any atom is 0.168 e. The quantitative estimate of drug-likeness (QED) is 0.161. The molecule has 2 aromatic carbocycles. The Kier molecular flexibility index (Phi) is 9.78. The smallest absolute Gasteiger partial charge is 0.168 e. The Morgan fingerprint density at radius 1 is 0.976 bits per heavy atom. The monoisotopic (exact) mass is 575 g/mol. The number of hydrogen-bond acceptors (Lipinski definition) is 10. The van der Waals surface area contributed by atoms with Gasteiger partial charge in [0.05, 0.1) is 13.2 Å². The summed E-state index contributed by atoms with van der Waals surface area (Å²) in [6.07, 6.45) is -3.52. The number of aliphatic hydroxyl groups excluding tert-OH is 2. The number of nitrogens with one attached hydrogen (secondary N) is 2. The van der Waals surface area contributed by atoms with Gasteiger partial charge < -0.3 is 36.1 Å². The first-order valence-corrected chi connectivity index (χ1v) is 14.5. The average molecular weight is 576 g/mol. The van der Waals surface area contributed by atoms with Crippen LogP contribution in [-0.4, -0.2) is 80.9 Å².